The van der Waals surface area contributed by atoms with Crippen molar-refractivity contribution in [1.82, 2.24) is 9.80 Å². The molecule has 0 aromatic rings. The van der Waals surface area contributed by atoms with Crippen molar-refractivity contribution in [2.75, 3.05) is 33.2 Å². The second-order valence-electron chi connectivity index (χ2n) is 4.68. The number of carbonyl (C=O) groups is 1. The molecule has 0 amide bonds. The Hall–Kier alpha value is -0.610. The molecule has 16 heavy (non-hydrogen) atoms. The number of aliphatic carboxylic acids is 1. The fourth-order valence-electron chi connectivity index (χ4n) is 2.38. The van der Waals surface area contributed by atoms with Crippen LogP contribution in [0.4, 0.5) is 0 Å². The van der Waals surface area contributed by atoms with Gasteiger partial charge in [-0.3, -0.25) is 9.69 Å². The van der Waals surface area contributed by atoms with Crippen molar-refractivity contribution in [3.8, 4) is 0 Å². The smallest absolute Gasteiger partial charge is 0.317 e. The topological polar surface area (TPSA) is 43.8 Å². The highest BCUT2D eigenvalue weighted by Crippen LogP contribution is 2.17. The molecule has 0 aromatic heterocycles. The Morgan fingerprint density at radius 2 is 2.25 bits per heavy atom. The molecular formula is C12H24N2O2. The van der Waals surface area contributed by atoms with Gasteiger partial charge in [0.05, 0.1) is 6.54 Å². The van der Waals surface area contributed by atoms with Crippen LogP contribution in [0.2, 0.25) is 0 Å². The van der Waals surface area contributed by atoms with E-state index in [0.717, 1.165) is 19.5 Å². The number of carboxylic acid groups (broad SMARTS) is 1. The van der Waals surface area contributed by atoms with Gasteiger partial charge in [0.15, 0.2) is 0 Å². The van der Waals surface area contributed by atoms with Gasteiger partial charge in [0.25, 0.3) is 0 Å². The third-order valence-corrected chi connectivity index (χ3v) is 3.51. The number of hydrogen-bond donors (Lipinski definition) is 1. The molecule has 0 aliphatic carbocycles. The van der Waals surface area contributed by atoms with Crippen molar-refractivity contribution < 1.29 is 9.90 Å². The van der Waals surface area contributed by atoms with Crippen LogP contribution < -0.4 is 0 Å². The molecule has 0 radical (unpaired) electrons. The van der Waals surface area contributed by atoms with E-state index in [1.54, 1.807) is 0 Å². The first-order valence-corrected chi connectivity index (χ1v) is 6.28. The molecule has 1 heterocycles. The van der Waals surface area contributed by atoms with Crippen LogP contribution >= 0.6 is 0 Å². The maximum Gasteiger partial charge on any atom is 0.317 e. The average molecular weight is 228 g/mol. The Bertz CT molecular complexity index is 221. The number of likely N-dealkylation sites (N-methyl/N-ethyl adjacent to an activating group) is 1. The monoisotopic (exact) mass is 228 g/mol. The van der Waals surface area contributed by atoms with E-state index in [9.17, 15) is 4.79 Å². The summed E-state index contributed by atoms with van der Waals surface area (Å²) in [7, 11) is 2.18. The first kappa shape index (κ1) is 13.5. The normalized spacial score (nSPS) is 22.6. The average Bonchev–Trinajstić information content (AvgIpc) is 2.25. The highest BCUT2D eigenvalue weighted by Gasteiger charge is 2.19. The maximum atomic E-state index is 10.6. The number of likely N-dealkylation sites (tertiary alicyclic amines) is 1. The summed E-state index contributed by atoms with van der Waals surface area (Å²) in [5.74, 6) is -0.723. The predicted molar refractivity (Wildman–Crippen MR) is 64.6 cm³/mol. The van der Waals surface area contributed by atoms with Crippen molar-refractivity contribution in [3.63, 3.8) is 0 Å². The van der Waals surface area contributed by atoms with Crippen LogP contribution in [0.15, 0.2) is 0 Å². The Morgan fingerprint density at radius 1 is 1.50 bits per heavy atom. The minimum absolute atomic E-state index is 0.174. The molecule has 4 nitrogen and oxygen atoms in total. The lowest BCUT2D eigenvalue weighted by atomic mass is 10.00. The summed E-state index contributed by atoms with van der Waals surface area (Å²) in [4.78, 5) is 15.1. The van der Waals surface area contributed by atoms with E-state index < -0.39 is 5.97 Å². The second kappa shape index (κ2) is 6.86. The molecular weight excluding hydrogens is 204 g/mol. The zero-order valence-electron chi connectivity index (χ0n) is 10.5. The van der Waals surface area contributed by atoms with Crippen molar-refractivity contribution in [1.29, 1.82) is 0 Å². The fourth-order valence-corrected chi connectivity index (χ4v) is 2.38. The summed E-state index contributed by atoms with van der Waals surface area (Å²) in [6, 6.07) is 0.650. The van der Waals surface area contributed by atoms with E-state index in [0.29, 0.717) is 6.04 Å². The van der Waals surface area contributed by atoms with Crippen LogP contribution in [-0.4, -0.2) is 60.1 Å². The van der Waals surface area contributed by atoms with Gasteiger partial charge in [-0.05, 0) is 39.4 Å². The minimum Gasteiger partial charge on any atom is -0.480 e. The lowest BCUT2D eigenvalue weighted by molar-refractivity contribution is -0.138. The Balaban J connectivity index is 2.27. The molecule has 0 spiro atoms. The van der Waals surface area contributed by atoms with Gasteiger partial charge in [-0.25, -0.2) is 0 Å². The molecule has 0 aromatic carbocycles. The summed E-state index contributed by atoms with van der Waals surface area (Å²) < 4.78 is 0. The summed E-state index contributed by atoms with van der Waals surface area (Å²) in [6.07, 6.45) is 4.98. The molecule has 1 N–H and O–H groups in total. The molecule has 1 aliphatic rings. The molecule has 0 bridgehead atoms. The Kier molecular flexibility index (Phi) is 5.77. The van der Waals surface area contributed by atoms with E-state index in [4.69, 9.17) is 5.11 Å². The van der Waals surface area contributed by atoms with Crippen LogP contribution in [-0.2, 0) is 4.79 Å². The third kappa shape index (κ3) is 4.49. The van der Waals surface area contributed by atoms with Gasteiger partial charge in [0.2, 0.25) is 0 Å². The van der Waals surface area contributed by atoms with Crippen molar-refractivity contribution in [2.45, 2.75) is 38.6 Å². The van der Waals surface area contributed by atoms with E-state index in [1.807, 2.05) is 11.8 Å². The highest BCUT2D eigenvalue weighted by atomic mass is 16.4. The largest absolute Gasteiger partial charge is 0.480 e. The zero-order valence-corrected chi connectivity index (χ0v) is 10.5. The third-order valence-electron chi connectivity index (χ3n) is 3.51. The predicted octanol–water partition coefficient (Wildman–Crippen LogP) is 1.27. The number of hydrogen-bond acceptors (Lipinski definition) is 3. The first-order valence-electron chi connectivity index (χ1n) is 6.28. The van der Waals surface area contributed by atoms with Crippen LogP contribution in [0.5, 0.6) is 0 Å². The van der Waals surface area contributed by atoms with Gasteiger partial charge < -0.3 is 10.0 Å². The van der Waals surface area contributed by atoms with Gasteiger partial charge in [0.1, 0.15) is 0 Å². The summed E-state index contributed by atoms with van der Waals surface area (Å²) in [5, 5.41) is 8.75. The number of carboxylic acids is 1. The van der Waals surface area contributed by atoms with Gasteiger partial charge in [-0.2, -0.15) is 0 Å². The summed E-state index contributed by atoms with van der Waals surface area (Å²) in [6.45, 7) is 5.11. The van der Waals surface area contributed by atoms with Crippen LogP contribution in [0.3, 0.4) is 0 Å². The molecule has 1 saturated heterocycles. The molecule has 1 fully saturated rings. The number of rotatable bonds is 6. The SMILES string of the molecule is CCN(CCC1CCCCN1C)CC(=O)O. The van der Waals surface area contributed by atoms with Gasteiger partial charge >= 0.3 is 5.97 Å². The number of nitrogens with zero attached hydrogens (tertiary/aromatic N) is 2. The van der Waals surface area contributed by atoms with Gasteiger partial charge in [0, 0.05) is 12.6 Å². The van der Waals surface area contributed by atoms with E-state index >= 15 is 0 Å². The zero-order chi connectivity index (χ0) is 12.0. The quantitative estimate of drug-likeness (QED) is 0.743. The van der Waals surface area contributed by atoms with Gasteiger partial charge in [-0.15, -0.1) is 0 Å². The van der Waals surface area contributed by atoms with Crippen molar-refractivity contribution >= 4 is 5.97 Å². The molecule has 1 atom stereocenters. The maximum absolute atomic E-state index is 10.6. The van der Waals surface area contributed by atoms with Crippen LogP contribution in [0, 0.1) is 0 Å². The lowest BCUT2D eigenvalue weighted by Crippen LogP contribution is -2.40. The van der Waals surface area contributed by atoms with E-state index in [1.165, 1.54) is 25.8 Å². The molecule has 94 valence electrons. The second-order valence-corrected chi connectivity index (χ2v) is 4.68. The molecule has 1 unspecified atom stereocenters. The molecule has 4 heteroatoms. The Morgan fingerprint density at radius 3 is 2.81 bits per heavy atom. The minimum atomic E-state index is -0.723. The molecule has 1 aliphatic heterocycles. The Labute approximate surface area is 98.2 Å². The summed E-state index contributed by atoms with van der Waals surface area (Å²) >= 11 is 0. The van der Waals surface area contributed by atoms with Crippen molar-refractivity contribution in [2.24, 2.45) is 0 Å². The lowest BCUT2D eigenvalue weighted by Gasteiger charge is -2.33. The molecule has 1 rings (SSSR count). The standard InChI is InChI=1S/C12H24N2O2/c1-3-14(10-12(15)16)9-7-11-6-4-5-8-13(11)2/h11H,3-10H2,1-2H3,(H,15,16). The molecule has 0 saturated carbocycles. The van der Waals surface area contributed by atoms with Crippen LogP contribution in [0.25, 0.3) is 0 Å². The first-order chi connectivity index (χ1) is 7.63. The fraction of sp³-hybridized carbons (Fsp3) is 0.917. The van der Waals surface area contributed by atoms with Crippen LogP contribution in [0.1, 0.15) is 32.6 Å². The number of piperidine rings is 1. The highest BCUT2D eigenvalue weighted by molar-refractivity contribution is 5.69. The van der Waals surface area contributed by atoms with Gasteiger partial charge in [-0.1, -0.05) is 13.3 Å². The van der Waals surface area contributed by atoms with E-state index in [2.05, 4.69) is 11.9 Å². The van der Waals surface area contributed by atoms with E-state index in [-0.39, 0.29) is 6.54 Å². The van der Waals surface area contributed by atoms with Crippen molar-refractivity contribution in [3.05, 3.63) is 0 Å². The summed E-state index contributed by atoms with van der Waals surface area (Å²) in [5.41, 5.74) is 0.